The Balaban J connectivity index is 2.06. The van der Waals surface area contributed by atoms with Crippen LogP contribution in [0, 0.1) is 11.6 Å². The molecule has 0 radical (unpaired) electrons. The van der Waals surface area contributed by atoms with E-state index in [1.807, 2.05) is 0 Å². The van der Waals surface area contributed by atoms with E-state index in [1.165, 1.54) is 13.2 Å². The molecule has 0 spiro atoms. The van der Waals surface area contributed by atoms with Crippen molar-refractivity contribution in [3.05, 3.63) is 70.2 Å². The van der Waals surface area contributed by atoms with Crippen LogP contribution in [0.1, 0.15) is 11.1 Å². The van der Waals surface area contributed by atoms with E-state index in [1.54, 1.807) is 24.3 Å². The second-order valence-corrected chi connectivity index (χ2v) is 5.82. The molecule has 0 heterocycles. The van der Waals surface area contributed by atoms with Gasteiger partial charge in [-0.3, -0.25) is 4.79 Å². The summed E-state index contributed by atoms with van der Waals surface area (Å²) < 4.78 is 31.2. The second-order valence-electron chi connectivity index (χ2n) is 5.39. The van der Waals surface area contributed by atoms with Gasteiger partial charge < -0.3 is 10.1 Å². The van der Waals surface area contributed by atoms with Crippen molar-refractivity contribution in [3.63, 3.8) is 0 Å². The van der Waals surface area contributed by atoms with Gasteiger partial charge in [-0.25, -0.2) is 13.6 Å². The van der Waals surface area contributed by atoms with Crippen LogP contribution < -0.4 is 5.32 Å². The molecule has 25 heavy (non-hydrogen) atoms. The van der Waals surface area contributed by atoms with Crippen molar-refractivity contribution in [2.75, 3.05) is 7.11 Å². The average Bonchev–Trinajstić information content (AvgIpc) is 2.58. The lowest BCUT2D eigenvalue weighted by atomic mass is 10.1. The van der Waals surface area contributed by atoms with Crippen LogP contribution in [0.3, 0.4) is 0 Å². The van der Waals surface area contributed by atoms with Crippen molar-refractivity contribution < 1.29 is 23.1 Å². The predicted molar refractivity (Wildman–Crippen MR) is 89.2 cm³/mol. The number of halogens is 3. The first-order valence-electron chi connectivity index (χ1n) is 7.44. The van der Waals surface area contributed by atoms with Gasteiger partial charge in [0, 0.05) is 17.5 Å². The fourth-order valence-electron chi connectivity index (χ4n) is 2.28. The average molecular weight is 368 g/mol. The number of methoxy groups -OCH3 is 1. The molecule has 1 amide bonds. The van der Waals surface area contributed by atoms with Gasteiger partial charge in [-0.2, -0.15) is 0 Å². The molecule has 2 rings (SSSR count). The maximum atomic E-state index is 13.6. The van der Waals surface area contributed by atoms with Crippen LogP contribution in [0.2, 0.25) is 5.02 Å². The molecular formula is C18H16ClF2NO3. The van der Waals surface area contributed by atoms with E-state index in [-0.39, 0.29) is 18.4 Å². The SMILES string of the molecule is COC(=O)[C@H](Cc1ccc(Cl)cc1)NC(=O)Cc1ccc(F)cc1F. The number of nitrogens with one attached hydrogen (secondary N) is 1. The van der Waals surface area contributed by atoms with E-state index in [9.17, 15) is 18.4 Å². The van der Waals surface area contributed by atoms with Crippen LogP contribution in [-0.4, -0.2) is 25.0 Å². The highest BCUT2D eigenvalue weighted by atomic mass is 35.5. The van der Waals surface area contributed by atoms with E-state index in [4.69, 9.17) is 16.3 Å². The van der Waals surface area contributed by atoms with E-state index in [0.717, 1.165) is 11.6 Å². The topological polar surface area (TPSA) is 55.4 Å². The molecule has 0 fully saturated rings. The lowest BCUT2D eigenvalue weighted by molar-refractivity contribution is -0.145. The molecule has 0 unspecified atom stereocenters. The number of carbonyl (C=O) groups is 2. The highest BCUT2D eigenvalue weighted by molar-refractivity contribution is 6.30. The highest BCUT2D eigenvalue weighted by Crippen LogP contribution is 2.13. The number of hydrogen-bond donors (Lipinski definition) is 1. The summed E-state index contributed by atoms with van der Waals surface area (Å²) in [5.41, 5.74) is 0.807. The maximum Gasteiger partial charge on any atom is 0.328 e. The first kappa shape index (κ1) is 18.9. The first-order chi connectivity index (χ1) is 11.9. The van der Waals surface area contributed by atoms with Crippen LogP contribution in [0.5, 0.6) is 0 Å². The summed E-state index contributed by atoms with van der Waals surface area (Å²) in [6, 6.07) is 8.82. The van der Waals surface area contributed by atoms with Crippen LogP contribution in [-0.2, 0) is 27.2 Å². The number of esters is 1. The van der Waals surface area contributed by atoms with Crippen molar-refractivity contribution in [1.82, 2.24) is 5.32 Å². The zero-order chi connectivity index (χ0) is 18.4. The molecule has 0 aliphatic heterocycles. The molecule has 2 aromatic carbocycles. The fraction of sp³-hybridized carbons (Fsp3) is 0.222. The Bertz CT molecular complexity index is 765. The van der Waals surface area contributed by atoms with Crippen LogP contribution in [0.15, 0.2) is 42.5 Å². The van der Waals surface area contributed by atoms with E-state index >= 15 is 0 Å². The van der Waals surface area contributed by atoms with Crippen molar-refractivity contribution in [2.24, 2.45) is 0 Å². The summed E-state index contributed by atoms with van der Waals surface area (Å²) in [5.74, 6) is -2.74. The van der Waals surface area contributed by atoms with Gasteiger partial charge in [0.15, 0.2) is 0 Å². The molecule has 0 saturated carbocycles. The minimum atomic E-state index is -0.929. The third-order valence-electron chi connectivity index (χ3n) is 3.54. The van der Waals surface area contributed by atoms with Gasteiger partial charge in [0.05, 0.1) is 13.5 Å². The van der Waals surface area contributed by atoms with Gasteiger partial charge in [0.2, 0.25) is 5.91 Å². The Hall–Kier alpha value is -2.47. The lowest BCUT2D eigenvalue weighted by Crippen LogP contribution is -2.43. The van der Waals surface area contributed by atoms with Gasteiger partial charge in [-0.05, 0) is 29.3 Å². The quantitative estimate of drug-likeness (QED) is 0.798. The number of carbonyl (C=O) groups excluding carboxylic acids is 2. The van der Waals surface area contributed by atoms with Crippen molar-refractivity contribution in [3.8, 4) is 0 Å². The Morgan fingerprint density at radius 1 is 1.16 bits per heavy atom. The monoisotopic (exact) mass is 367 g/mol. The molecule has 1 N–H and O–H groups in total. The minimum absolute atomic E-state index is 0.0361. The Morgan fingerprint density at radius 2 is 1.84 bits per heavy atom. The number of benzene rings is 2. The predicted octanol–water partition coefficient (Wildman–Crippen LogP) is 3.06. The lowest BCUT2D eigenvalue weighted by Gasteiger charge is -2.17. The van der Waals surface area contributed by atoms with E-state index in [0.29, 0.717) is 11.1 Å². The van der Waals surface area contributed by atoms with Gasteiger partial charge >= 0.3 is 5.97 Å². The summed E-state index contributed by atoms with van der Waals surface area (Å²) >= 11 is 5.82. The van der Waals surface area contributed by atoms with E-state index < -0.39 is 29.6 Å². The van der Waals surface area contributed by atoms with Gasteiger partial charge in [-0.1, -0.05) is 29.8 Å². The van der Waals surface area contributed by atoms with Gasteiger partial charge in [-0.15, -0.1) is 0 Å². The number of rotatable bonds is 6. The fourth-order valence-corrected chi connectivity index (χ4v) is 2.40. The zero-order valence-electron chi connectivity index (χ0n) is 13.4. The largest absolute Gasteiger partial charge is 0.467 e. The summed E-state index contributed by atoms with van der Waals surface area (Å²) in [7, 11) is 1.21. The Labute approximate surface area is 148 Å². The number of amides is 1. The Kier molecular flexibility index (Phi) is 6.47. The zero-order valence-corrected chi connectivity index (χ0v) is 14.1. The molecule has 0 saturated heterocycles. The van der Waals surface area contributed by atoms with Crippen molar-refractivity contribution in [2.45, 2.75) is 18.9 Å². The molecular weight excluding hydrogens is 352 g/mol. The third-order valence-corrected chi connectivity index (χ3v) is 3.79. The molecule has 0 aliphatic rings. The van der Waals surface area contributed by atoms with Crippen LogP contribution >= 0.6 is 11.6 Å². The summed E-state index contributed by atoms with van der Waals surface area (Å²) in [6.45, 7) is 0. The van der Waals surface area contributed by atoms with Gasteiger partial charge in [0.25, 0.3) is 0 Å². The van der Waals surface area contributed by atoms with Crippen molar-refractivity contribution >= 4 is 23.5 Å². The maximum absolute atomic E-state index is 13.6. The van der Waals surface area contributed by atoms with Crippen LogP contribution in [0.4, 0.5) is 8.78 Å². The summed E-state index contributed by atoms with van der Waals surface area (Å²) in [4.78, 5) is 24.0. The smallest absolute Gasteiger partial charge is 0.328 e. The summed E-state index contributed by atoms with van der Waals surface area (Å²) in [6.07, 6.45) is -0.123. The second kappa shape index (κ2) is 8.58. The normalized spacial score (nSPS) is 11.7. The molecule has 2 aromatic rings. The molecule has 7 heteroatoms. The Morgan fingerprint density at radius 3 is 2.44 bits per heavy atom. The molecule has 1 atom stereocenters. The first-order valence-corrected chi connectivity index (χ1v) is 7.82. The minimum Gasteiger partial charge on any atom is -0.467 e. The van der Waals surface area contributed by atoms with Gasteiger partial charge in [0.1, 0.15) is 17.7 Å². The molecule has 4 nitrogen and oxygen atoms in total. The van der Waals surface area contributed by atoms with E-state index in [2.05, 4.69) is 5.32 Å². The molecule has 132 valence electrons. The summed E-state index contributed by atoms with van der Waals surface area (Å²) in [5, 5.41) is 3.06. The van der Waals surface area contributed by atoms with Crippen LogP contribution in [0.25, 0.3) is 0 Å². The number of hydrogen-bond acceptors (Lipinski definition) is 3. The van der Waals surface area contributed by atoms with Crippen molar-refractivity contribution in [1.29, 1.82) is 0 Å². The molecule has 0 bridgehead atoms. The number of ether oxygens (including phenoxy) is 1. The third kappa shape index (κ3) is 5.53. The highest BCUT2D eigenvalue weighted by Gasteiger charge is 2.22. The molecule has 0 aromatic heterocycles. The standard InChI is InChI=1S/C18H16ClF2NO3/c1-25-18(24)16(8-11-2-5-13(19)6-3-11)22-17(23)9-12-4-7-14(20)10-15(12)21/h2-7,10,16H,8-9H2,1H3,(H,22,23)/t16-/m0/s1. The molecule has 0 aliphatic carbocycles.